The van der Waals surface area contributed by atoms with Gasteiger partial charge in [0, 0.05) is 38.8 Å². The Morgan fingerprint density at radius 1 is 1.02 bits per heavy atom. The van der Waals surface area contributed by atoms with Crippen LogP contribution in [-0.4, -0.2) is 77.6 Å². The topological polar surface area (TPSA) is 149 Å². The number of sulfonamides is 1. The molecule has 0 bridgehead atoms. The van der Waals surface area contributed by atoms with Gasteiger partial charge in [-0.05, 0) is 62.2 Å². The number of piperazine rings is 1. The first-order chi connectivity index (χ1) is 22.2. The number of rotatable bonds is 9. The van der Waals surface area contributed by atoms with Gasteiger partial charge < -0.3 is 14.8 Å². The zero-order valence-electron chi connectivity index (χ0n) is 25.5. The summed E-state index contributed by atoms with van der Waals surface area (Å²) in [6, 6.07) is 20.2. The number of para-hydroxylation sites is 2. The number of aryl methyl sites for hydroxylation is 1. The summed E-state index contributed by atoms with van der Waals surface area (Å²) in [5, 5.41) is 19.8. The number of aromatic nitrogens is 2. The van der Waals surface area contributed by atoms with Gasteiger partial charge in [0.2, 0.25) is 10.0 Å². The number of carbonyl (C=O) groups excluding carboxylic acids is 1. The van der Waals surface area contributed by atoms with Crippen LogP contribution in [0.4, 0.5) is 11.4 Å². The van der Waals surface area contributed by atoms with Crippen molar-refractivity contribution in [3.8, 4) is 17.2 Å². The molecule has 3 aromatic carbocycles. The molecular formula is C32H34N6O7S. The highest BCUT2D eigenvalue weighted by Gasteiger charge is 2.39. The number of fused-ring (bicyclic) bond motifs is 1. The van der Waals surface area contributed by atoms with E-state index in [1.54, 1.807) is 11.6 Å². The Labute approximate surface area is 266 Å². The van der Waals surface area contributed by atoms with Gasteiger partial charge in [-0.15, -0.1) is 0 Å². The summed E-state index contributed by atoms with van der Waals surface area (Å²) in [6.07, 6.45) is 0.687. The highest BCUT2D eigenvalue weighted by atomic mass is 32.2. The predicted molar refractivity (Wildman–Crippen MR) is 170 cm³/mol. The fourth-order valence-electron chi connectivity index (χ4n) is 5.92. The smallest absolute Gasteiger partial charge is 0.359 e. The maximum atomic E-state index is 13.4. The van der Waals surface area contributed by atoms with E-state index in [9.17, 15) is 23.3 Å². The molecule has 0 spiro atoms. The van der Waals surface area contributed by atoms with Gasteiger partial charge in [-0.2, -0.15) is 9.40 Å². The Morgan fingerprint density at radius 3 is 2.41 bits per heavy atom. The van der Waals surface area contributed by atoms with Crippen molar-refractivity contribution in [2.75, 3.05) is 44.6 Å². The lowest BCUT2D eigenvalue weighted by atomic mass is 10.0. The van der Waals surface area contributed by atoms with E-state index >= 15 is 0 Å². The van der Waals surface area contributed by atoms with E-state index in [-0.39, 0.29) is 36.3 Å². The van der Waals surface area contributed by atoms with Gasteiger partial charge in [0.25, 0.3) is 5.69 Å². The third kappa shape index (κ3) is 5.94. The normalized spacial score (nSPS) is 17.1. The van der Waals surface area contributed by atoms with E-state index in [0.717, 1.165) is 11.3 Å². The number of ether oxygens (including phenoxy) is 2. The molecule has 1 atom stereocenters. The third-order valence-electron chi connectivity index (χ3n) is 8.21. The number of esters is 1. The first kappa shape index (κ1) is 31.2. The van der Waals surface area contributed by atoms with E-state index in [1.165, 1.54) is 28.6 Å². The number of carbonyl (C=O) groups is 1. The summed E-state index contributed by atoms with van der Waals surface area (Å²) < 4.78 is 41.1. The number of anilines is 1. The number of benzene rings is 3. The Morgan fingerprint density at radius 2 is 1.72 bits per heavy atom. The van der Waals surface area contributed by atoms with Gasteiger partial charge in [0.15, 0.2) is 10.6 Å². The average Bonchev–Trinajstić information content (AvgIpc) is 3.46. The summed E-state index contributed by atoms with van der Waals surface area (Å²) >= 11 is 0. The molecule has 6 rings (SSSR count). The fraction of sp³-hybridized carbons (Fsp3) is 0.312. The largest absolute Gasteiger partial charge is 0.461 e. The molecule has 240 valence electrons. The van der Waals surface area contributed by atoms with Crippen LogP contribution in [0.1, 0.15) is 41.1 Å². The van der Waals surface area contributed by atoms with E-state index < -0.39 is 26.6 Å². The van der Waals surface area contributed by atoms with Crippen molar-refractivity contribution in [2.24, 2.45) is 0 Å². The van der Waals surface area contributed by atoms with Crippen LogP contribution in [0.2, 0.25) is 0 Å². The quantitative estimate of drug-likeness (QED) is 0.151. The lowest BCUT2D eigenvalue weighted by Crippen LogP contribution is -2.50. The average molecular weight is 647 g/mol. The van der Waals surface area contributed by atoms with Crippen molar-refractivity contribution in [3.63, 3.8) is 0 Å². The molecule has 1 fully saturated rings. The van der Waals surface area contributed by atoms with Crippen molar-refractivity contribution >= 4 is 27.4 Å². The number of nitrogens with one attached hydrogen (secondary N) is 1. The summed E-state index contributed by atoms with van der Waals surface area (Å²) in [5.41, 5.74) is 2.75. The van der Waals surface area contributed by atoms with Crippen LogP contribution in [0.15, 0.2) is 77.7 Å². The lowest BCUT2D eigenvalue weighted by molar-refractivity contribution is -0.387. The van der Waals surface area contributed by atoms with E-state index in [1.807, 2.05) is 55.5 Å². The third-order valence-corrected chi connectivity index (χ3v) is 10.2. The lowest BCUT2D eigenvalue weighted by Gasteiger charge is -2.39. The van der Waals surface area contributed by atoms with Crippen molar-refractivity contribution in [1.29, 1.82) is 0 Å². The molecule has 2 aliphatic rings. The number of nitro groups is 1. The van der Waals surface area contributed by atoms with Gasteiger partial charge >= 0.3 is 5.97 Å². The summed E-state index contributed by atoms with van der Waals surface area (Å²) in [5.74, 6) is 0.876. The van der Waals surface area contributed by atoms with Crippen LogP contribution in [0.25, 0.3) is 5.69 Å². The van der Waals surface area contributed by atoms with Crippen molar-refractivity contribution < 1.29 is 27.6 Å². The van der Waals surface area contributed by atoms with E-state index in [4.69, 9.17) is 14.6 Å². The van der Waals surface area contributed by atoms with Crippen LogP contribution < -0.4 is 10.1 Å². The van der Waals surface area contributed by atoms with Crippen molar-refractivity contribution in [2.45, 2.75) is 31.2 Å². The second-order valence-electron chi connectivity index (χ2n) is 11.0. The number of hydrogen-bond acceptors (Lipinski definition) is 10. The Bertz CT molecular complexity index is 1870. The zero-order chi connectivity index (χ0) is 32.4. The molecule has 3 heterocycles. The van der Waals surface area contributed by atoms with Gasteiger partial charge in [0.05, 0.1) is 28.9 Å². The van der Waals surface area contributed by atoms with Crippen LogP contribution >= 0.6 is 0 Å². The minimum Gasteiger partial charge on any atom is -0.461 e. The Kier molecular flexibility index (Phi) is 8.75. The molecule has 4 aromatic rings. The van der Waals surface area contributed by atoms with E-state index in [2.05, 4.69) is 10.2 Å². The van der Waals surface area contributed by atoms with Crippen LogP contribution in [0, 0.1) is 17.0 Å². The first-order valence-electron chi connectivity index (χ1n) is 15.0. The Balaban J connectivity index is 1.26. The van der Waals surface area contributed by atoms with Crippen LogP contribution in [0.3, 0.4) is 0 Å². The molecule has 14 heteroatoms. The van der Waals surface area contributed by atoms with Crippen LogP contribution in [0.5, 0.6) is 11.5 Å². The summed E-state index contributed by atoms with van der Waals surface area (Å²) in [7, 11) is -4.07. The second-order valence-corrected chi connectivity index (χ2v) is 12.9. The molecule has 13 nitrogen and oxygen atoms in total. The monoisotopic (exact) mass is 646 g/mol. The number of nitro benzene ring substituents is 1. The number of hydrogen-bond donors (Lipinski definition) is 1. The minimum absolute atomic E-state index is 0.154. The van der Waals surface area contributed by atoms with Gasteiger partial charge in [-0.3, -0.25) is 15.0 Å². The van der Waals surface area contributed by atoms with Crippen molar-refractivity contribution in [3.05, 3.63) is 99.9 Å². The van der Waals surface area contributed by atoms with Gasteiger partial charge in [-0.1, -0.05) is 30.3 Å². The molecule has 0 aliphatic carbocycles. The molecule has 1 aromatic heterocycles. The van der Waals surface area contributed by atoms with Crippen LogP contribution in [-0.2, 0) is 14.8 Å². The first-order valence-corrected chi connectivity index (χ1v) is 16.5. The molecule has 0 saturated carbocycles. The standard InChI is InChI=1S/C32H34N6O7S/c1-3-44-32(39)31-30-29(34-37(31)23-12-14-24(15-13-23)45-27-10-6-4-8-22(27)2)26(16-17-33-30)35-18-20-36(21-19-35)46(42,43)28-11-7-5-9-25(28)38(40)41/h4-15,26,33H,3,16-21H2,1-2H3/t26-/m0/s1. The number of nitrogens with zero attached hydrogens (tertiary/aromatic N) is 5. The molecule has 0 amide bonds. The molecule has 1 N–H and O–H groups in total. The molecule has 0 unspecified atom stereocenters. The minimum atomic E-state index is -4.07. The molecule has 2 aliphatic heterocycles. The predicted octanol–water partition coefficient (Wildman–Crippen LogP) is 4.92. The molecule has 0 radical (unpaired) electrons. The van der Waals surface area contributed by atoms with Crippen molar-refractivity contribution in [1.82, 2.24) is 19.0 Å². The SMILES string of the molecule is CCOC(=O)c1c2c(nn1-c1ccc(Oc3ccccc3C)cc1)[C@@H](N1CCN(S(=O)(=O)c3ccccc3[N+](=O)[O-])CC1)CCN2. The molecular weight excluding hydrogens is 612 g/mol. The van der Waals surface area contributed by atoms with Gasteiger partial charge in [0.1, 0.15) is 17.2 Å². The molecule has 1 saturated heterocycles. The maximum Gasteiger partial charge on any atom is 0.359 e. The Hall–Kier alpha value is -4.79. The van der Waals surface area contributed by atoms with E-state index in [0.29, 0.717) is 48.9 Å². The zero-order valence-corrected chi connectivity index (χ0v) is 26.3. The summed E-state index contributed by atoms with van der Waals surface area (Å²) in [4.78, 5) is 25.9. The second kappa shape index (κ2) is 12.9. The summed E-state index contributed by atoms with van der Waals surface area (Å²) in [6.45, 7) is 5.57. The fourth-order valence-corrected chi connectivity index (χ4v) is 7.50. The maximum absolute atomic E-state index is 13.4. The van der Waals surface area contributed by atoms with Gasteiger partial charge in [-0.25, -0.2) is 17.9 Å². The highest BCUT2D eigenvalue weighted by Crippen LogP contribution is 2.38. The highest BCUT2D eigenvalue weighted by molar-refractivity contribution is 7.89. The molecule has 46 heavy (non-hydrogen) atoms.